The molecule has 0 aromatic heterocycles. The van der Waals surface area contributed by atoms with Crippen LogP contribution in [0.1, 0.15) is 30.4 Å². The van der Waals surface area contributed by atoms with Crippen molar-refractivity contribution in [3.8, 4) is 0 Å². The Hall–Kier alpha value is -2.82. The van der Waals surface area contributed by atoms with Crippen LogP contribution < -0.4 is 10.6 Å². The van der Waals surface area contributed by atoms with Crippen LogP contribution in [0.4, 0.5) is 10.5 Å². The molecule has 5 heteroatoms. The molecule has 0 unspecified atom stereocenters. The van der Waals surface area contributed by atoms with Gasteiger partial charge in [0.1, 0.15) is 0 Å². The van der Waals surface area contributed by atoms with E-state index in [1.807, 2.05) is 59.5 Å². The minimum absolute atomic E-state index is 0.231. The minimum atomic E-state index is -0.231. The largest absolute Gasteiger partial charge is 0.343 e. The smallest absolute Gasteiger partial charge is 0.319 e. The summed E-state index contributed by atoms with van der Waals surface area (Å²) in [6.07, 6.45) is 3.52. The zero-order chi connectivity index (χ0) is 18.2. The summed E-state index contributed by atoms with van der Waals surface area (Å²) in [6.45, 7) is 2.29. The molecule has 1 saturated heterocycles. The van der Waals surface area contributed by atoms with Gasteiger partial charge in [-0.25, -0.2) is 4.79 Å². The third-order valence-electron chi connectivity index (χ3n) is 4.59. The predicted molar refractivity (Wildman–Crippen MR) is 103 cm³/mol. The average Bonchev–Trinajstić information content (AvgIpc) is 3.21. The second kappa shape index (κ2) is 9.04. The lowest BCUT2D eigenvalue weighted by Gasteiger charge is -2.15. The summed E-state index contributed by atoms with van der Waals surface area (Å²) in [7, 11) is 0. The molecule has 0 spiro atoms. The van der Waals surface area contributed by atoms with E-state index in [1.165, 1.54) is 0 Å². The van der Waals surface area contributed by atoms with Crippen LogP contribution in [0.15, 0.2) is 54.6 Å². The molecule has 1 fully saturated rings. The maximum Gasteiger partial charge on any atom is 0.319 e. The molecule has 2 N–H and O–H groups in total. The topological polar surface area (TPSA) is 61.4 Å². The quantitative estimate of drug-likeness (QED) is 0.836. The van der Waals surface area contributed by atoms with Gasteiger partial charge in [0, 0.05) is 31.7 Å². The first-order valence-electron chi connectivity index (χ1n) is 9.16. The van der Waals surface area contributed by atoms with Gasteiger partial charge in [0.15, 0.2) is 0 Å². The molecule has 1 heterocycles. The molecule has 0 aliphatic carbocycles. The van der Waals surface area contributed by atoms with E-state index >= 15 is 0 Å². The van der Waals surface area contributed by atoms with Crippen molar-refractivity contribution in [3.63, 3.8) is 0 Å². The number of amides is 3. The van der Waals surface area contributed by atoms with Crippen molar-refractivity contribution in [3.05, 3.63) is 65.7 Å². The molecule has 5 nitrogen and oxygen atoms in total. The summed E-state index contributed by atoms with van der Waals surface area (Å²) in [5.41, 5.74) is 2.90. The number of carbonyl (C=O) groups is 2. The highest BCUT2D eigenvalue weighted by Gasteiger charge is 2.17. The molecule has 0 bridgehead atoms. The van der Waals surface area contributed by atoms with E-state index in [2.05, 4.69) is 10.6 Å². The van der Waals surface area contributed by atoms with E-state index in [4.69, 9.17) is 0 Å². The first kappa shape index (κ1) is 18.0. The molecule has 0 radical (unpaired) electrons. The number of likely N-dealkylation sites (tertiary alicyclic amines) is 1. The van der Waals surface area contributed by atoms with E-state index in [9.17, 15) is 9.59 Å². The van der Waals surface area contributed by atoms with Crippen LogP contribution in [0, 0.1) is 0 Å². The summed E-state index contributed by atoms with van der Waals surface area (Å²) in [5.74, 6) is 0.241. The second-order valence-electron chi connectivity index (χ2n) is 6.58. The van der Waals surface area contributed by atoms with Gasteiger partial charge in [-0.3, -0.25) is 4.79 Å². The fraction of sp³-hybridized carbons (Fsp3) is 0.333. The molecular formula is C21H25N3O2. The molecule has 0 saturated carbocycles. The zero-order valence-corrected chi connectivity index (χ0v) is 14.9. The van der Waals surface area contributed by atoms with Gasteiger partial charge in [-0.05, 0) is 42.5 Å². The number of urea groups is 1. The fourth-order valence-electron chi connectivity index (χ4n) is 3.08. The molecule has 136 valence electrons. The predicted octanol–water partition coefficient (Wildman–Crippen LogP) is 3.56. The molecule has 1 aliphatic rings. The Morgan fingerprint density at radius 2 is 1.58 bits per heavy atom. The van der Waals surface area contributed by atoms with Crippen molar-refractivity contribution in [2.45, 2.75) is 32.2 Å². The number of hydrogen-bond donors (Lipinski definition) is 2. The zero-order valence-electron chi connectivity index (χ0n) is 14.9. The molecule has 2 aromatic rings. The first-order valence-corrected chi connectivity index (χ1v) is 9.16. The third-order valence-corrected chi connectivity index (χ3v) is 4.59. The number of nitrogens with zero attached hydrogens (tertiary/aromatic N) is 1. The minimum Gasteiger partial charge on any atom is -0.343 e. The van der Waals surface area contributed by atoms with Crippen molar-refractivity contribution in [1.29, 1.82) is 0 Å². The van der Waals surface area contributed by atoms with Crippen molar-refractivity contribution >= 4 is 17.6 Å². The van der Waals surface area contributed by atoms with Crippen LogP contribution in [-0.4, -0.2) is 29.9 Å². The van der Waals surface area contributed by atoms with Gasteiger partial charge < -0.3 is 15.5 Å². The lowest BCUT2D eigenvalue weighted by Crippen LogP contribution is -2.28. The Kier molecular flexibility index (Phi) is 6.25. The summed E-state index contributed by atoms with van der Waals surface area (Å²) in [4.78, 5) is 26.0. The molecule has 3 amide bonds. The Morgan fingerprint density at radius 3 is 2.27 bits per heavy atom. The van der Waals surface area contributed by atoms with Gasteiger partial charge in [0.05, 0.1) is 0 Å². The highest BCUT2D eigenvalue weighted by molar-refractivity contribution is 5.89. The van der Waals surface area contributed by atoms with Gasteiger partial charge in [-0.1, -0.05) is 42.5 Å². The Bertz CT molecular complexity index is 723. The van der Waals surface area contributed by atoms with Crippen LogP contribution in [-0.2, 0) is 17.8 Å². The van der Waals surface area contributed by atoms with Crippen molar-refractivity contribution in [2.75, 3.05) is 18.4 Å². The summed E-state index contributed by atoms with van der Waals surface area (Å²) in [6, 6.07) is 17.2. The number of aryl methyl sites for hydroxylation is 1. The van der Waals surface area contributed by atoms with Crippen LogP contribution in [0.5, 0.6) is 0 Å². The number of anilines is 1. The normalized spacial score (nSPS) is 13.5. The standard InChI is InChI=1S/C21H25N3O2/c25-20(24-14-4-5-15-24)13-10-17-8-11-19(12-9-17)23-21(26)22-16-18-6-2-1-3-7-18/h1-3,6-9,11-12H,4-5,10,13-16H2,(H2,22,23,26). The number of benzene rings is 2. The lowest BCUT2D eigenvalue weighted by molar-refractivity contribution is -0.130. The van der Waals surface area contributed by atoms with E-state index < -0.39 is 0 Å². The van der Waals surface area contributed by atoms with E-state index in [-0.39, 0.29) is 11.9 Å². The van der Waals surface area contributed by atoms with E-state index in [0.29, 0.717) is 13.0 Å². The van der Waals surface area contributed by atoms with Gasteiger partial charge >= 0.3 is 6.03 Å². The monoisotopic (exact) mass is 351 g/mol. The second-order valence-corrected chi connectivity index (χ2v) is 6.58. The SMILES string of the molecule is O=C(NCc1ccccc1)Nc1ccc(CCC(=O)N2CCCC2)cc1. The highest BCUT2D eigenvalue weighted by Crippen LogP contribution is 2.14. The van der Waals surface area contributed by atoms with Gasteiger partial charge in [0.2, 0.25) is 5.91 Å². The highest BCUT2D eigenvalue weighted by atomic mass is 16.2. The summed E-state index contributed by atoms with van der Waals surface area (Å²) in [5, 5.41) is 5.66. The van der Waals surface area contributed by atoms with Gasteiger partial charge in [0.25, 0.3) is 0 Å². The molecule has 0 atom stereocenters. The molecule has 2 aromatic carbocycles. The van der Waals surface area contributed by atoms with Crippen LogP contribution in [0.3, 0.4) is 0 Å². The number of rotatable bonds is 6. The maximum absolute atomic E-state index is 12.1. The lowest BCUT2D eigenvalue weighted by atomic mass is 10.1. The molecule has 1 aliphatic heterocycles. The number of nitrogens with one attached hydrogen (secondary N) is 2. The Morgan fingerprint density at radius 1 is 0.885 bits per heavy atom. The van der Waals surface area contributed by atoms with Gasteiger partial charge in [-0.2, -0.15) is 0 Å². The fourth-order valence-corrected chi connectivity index (χ4v) is 3.08. The van der Waals surface area contributed by atoms with Gasteiger partial charge in [-0.15, -0.1) is 0 Å². The average molecular weight is 351 g/mol. The van der Waals surface area contributed by atoms with Crippen molar-refractivity contribution < 1.29 is 9.59 Å². The number of hydrogen-bond acceptors (Lipinski definition) is 2. The van der Waals surface area contributed by atoms with Crippen molar-refractivity contribution in [2.24, 2.45) is 0 Å². The van der Waals surface area contributed by atoms with Crippen LogP contribution >= 0.6 is 0 Å². The Labute approximate surface area is 154 Å². The van der Waals surface area contributed by atoms with Crippen LogP contribution in [0.2, 0.25) is 0 Å². The summed E-state index contributed by atoms with van der Waals surface area (Å²) >= 11 is 0. The maximum atomic E-state index is 12.1. The summed E-state index contributed by atoms with van der Waals surface area (Å²) < 4.78 is 0. The van der Waals surface area contributed by atoms with Crippen molar-refractivity contribution in [1.82, 2.24) is 10.2 Å². The molecular weight excluding hydrogens is 326 g/mol. The first-order chi connectivity index (χ1) is 12.7. The molecule has 26 heavy (non-hydrogen) atoms. The van der Waals surface area contributed by atoms with E-state index in [1.54, 1.807) is 0 Å². The number of carbonyl (C=O) groups excluding carboxylic acids is 2. The van der Waals surface area contributed by atoms with Crippen LogP contribution in [0.25, 0.3) is 0 Å². The molecule has 3 rings (SSSR count). The van der Waals surface area contributed by atoms with E-state index in [0.717, 1.165) is 49.2 Å². The Balaban J connectivity index is 1.42. The third kappa shape index (κ3) is 5.34.